The summed E-state index contributed by atoms with van der Waals surface area (Å²) < 4.78 is 0. The first kappa shape index (κ1) is 9.18. The number of nitrogens with one attached hydrogen (secondary N) is 1. The van der Waals surface area contributed by atoms with Crippen molar-refractivity contribution in [2.45, 2.75) is 19.8 Å². The first-order valence-corrected chi connectivity index (χ1v) is 4.96. The largest absolute Gasteiger partial charge is 0.336 e. The fourth-order valence-electron chi connectivity index (χ4n) is 1.81. The zero-order chi connectivity index (χ0) is 9.97. The van der Waals surface area contributed by atoms with Crippen molar-refractivity contribution in [1.82, 2.24) is 20.1 Å². The van der Waals surface area contributed by atoms with Crippen molar-refractivity contribution < 1.29 is 4.79 Å². The number of nitrogens with zero attached hydrogens (tertiary/aromatic N) is 3. The quantitative estimate of drug-likeness (QED) is 0.753. The van der Waals surface area contributed by atoms with Gasteiger partial charge in [0.15, 0.2) is 0 Å². The standard InChI is InChI=1S/C9H14N4O/c1-2-7-3-4-13(5-7)9(14)8-10-6-11-12-8/h6-7H,2-5H2,1H3,(H,10,11,12). The lowest BCUT2D eigenvalue weighted by molar-refractivity contribution is 0.0775. The zero-order valence-corrected chi connectivity index (χ0v) is 8.23. The summed E-state index contributed by atoms with van der Waals surface area (Å²) in [5.41, 5.74) is 0. The lowest BCUT2D eigenvalue weighted by Crippen LogP contribution is -2.29. The van der Waals surface area contributed by atoms with Gasteiger partial charge in [-0.2, -0.15) is 5.10 Å². The van der Waals surface area contributed by atoms with Gasteiger partial charge in [-0.1, -0.05) is 13.3 Å². The van der Waals surface area contributed by atoms with Crippen LogP contribution in [0.15, 0.2) is 6.33 Å². The van der Waals surface area contributed by atoms with E-state index in [1.807, 2.05) is 4.90 Å². The molecule has 5 heteroatoms. The minimum Gasteiger partial charge on any atom is -0.336 e. The van der Waals surface area contributed by atoms with Gasteiger partial charge in [-0.25, -0.2) is 4.98 Å². The second-order valence-corrected chi connectivity index (χ2v) is 3.65. The highest BCUT2D eigenvalue weighted by atomic mass is 16.2. The number of likely N-dealkylation sites (tertiary alicyclic amines) is 1. The van der Waals surface area contributed by atoms with Crippen LogP contribution in [0.4, 0.5) is 0 Å². The Bertz CT molecular complexity index is 309. The zero-order valence-electron chi connectivity index (χ0n) is 8.23. The van der Waals surface area contributed by atoms with Crippen LogP contribution in [-0.2, 0) is 0 Å². The predicted molar refractivity (Wildman–Crippen MR) is 50.7 cm³/mol. The van der Waals surface area contributed by atoms with Gasteiger partial charge in [-0.15, -0.1) is 0 Å². The highest BCUT2D eigenvalue weighted by Gasteiger charge is 2.26. The first-order valence-electron chi connectivity index (χ1n) is 4.96. The van der Waals surface area contributed by atoms with E-state index in [1.165, 1.54) is 6.33 Å². The maximum Gasteiger partial charge on any atom is 0.291 e. The Labute approximate surface area is 82.5 Å². The number of aromatic nitrogens is 3. The van der Waals surface area contributed by atoms with E-state index in [0.29, 0.717) is 11.7 Å². The van der Waals surface area contributed by atoms with E-state index in [9.17, 15) is 4.79 Å². The average Bonchev–Trinajstić information content (AvgIpc) is 2.88. The fraction of sp³-hybridized carbons (Fsp3) is 0.667. The monoisotopic (exact) mass is 194 g/mol. The maximum atomic E-state index is 11.8. The molecule has 0 bridgehead atoms. The molecule has 1 aromatic rings. The summed E-state index contributed by atoms with van der Waals surface area (Å²) in [5, 5.41) is 6.26. The first-order chi connectivity index (χ1) is 6.81. The van der Waals surface area contributed by atoms with Crippen LogP contribution >= 0.6 is 0 Å². The molecule has 0 saturated carbocycles. The van der Waals surface area contributed by atoms with Gasteiger partial charge in [0.25, 0.3) is 5.91 Å². The van der Waals surface area contributed by atoms with Gasteiger partial charge in [0.2, 0.25) is 5.82 Å². The summed E-state index contributed by atoms with van der Waals surface area (Å²) in [5.74, 6) is 0.974. The summed E-state index contributed by atoms with van der Waals surface area (Å²) in [6.45, 7) is 3.86. The summed E-state index contributed by atoms with van der Waals surface area (Å²) in [4.78, 5) is 17.5. The number of hydrogen-bond donors (Lipinski definition) is 1. The molecular weight excluding hydrogens is 180 g/mol. The number of aromatic amines is 1. The molecule has 1 unspecified atom stereocenters. The van der Waals surface area contributed by atoms with Crippen LogP contribution in [0, 0.1) is 5.92 Å². The normalized spacial score (nSPS) is 21.5. The highest BCUT2D eigenvalue weighted by molar-refractivity contribution is 5.90. The maximum absolute atomic E-state index is 11.8. The SMILES string of the molecule is CCC1CCN(C(=O)c2ncn[nH]2)C1. The summed E-state index contributed by atoms with van der Waals surface area (Å²) >= 11 is 0. The minimum atomic E-state index is -0.0292. The summed E-state index contributed by atoms with van der Waals surface area (Å²) in [6, 6.07) is 0. The van der Waals surface area contributed by atoms with Gasteiger partial charge in [0, 0.05) is 13.1 Å². The van der Waals surface area contributed by atoms with Gasteiger partial charge < -0.3 is 4.90 Å². The number of H-pyrrole nitrogens is 1. The fourth-order valence-corrected chi connectivity index (χ4v) is 1.81. The van der Waals surface area contributed by atoms with E-state index in [0.717, 1.165) is 25.9 Å². The van der Waals surface area contributed by atoms with E-state index in [-0.39, 0.29) is 5.91 Å². The van der Waals surface area contributed by atoms with Crippen LogP contribution in [0.5, 0.6) is 0 Å². The Hall–Kier alpha value is -1.39. The molecule has 14 heavy (non-hydrogen) atoms. The molecule has 1 saturated heterocycles. The molecule has 1 amide bonds. The van der Waals surface area contributed by atoms with Crippen LogP contribution < -0.4 is 0 Å². The van der Waals surface area contributed by atoms with Crippen molar-refractivity contribution in [1.29, 1.82) is 0 Å². The van der Waals surface area contributed by atoms with E-state index < -0.39 is 0 Å². The van der Waals surface area contributed by atoms with Gasteiger partial charge in [-0.05, 0) is 12.3 Å². The second kappa shape index (κ2) is 3.77. The number of hydrogen-bond acceptors (Lipinski definition) is 3. The Morgan fingerprint density at radius 3 is 3.21 bits per heavy atom. The highest BCUT2D eigenvalue weighted by Crippen LogP contribution is 2.19. The summed E-state index contributed by atoms with van der Waals surface area (Å²) in [6.07, 6.45) is 3.61. The van der Waals surface area contributed by atoms with Crippen molar-refractivity contribution >= 4 is 5.91 Å². The molecule has 1 fully saturated rings. The molecule has 5 nitrogen and oxygen atoms in total. The smallest absolute Gasteiger partial charge is 0.291 e. The second-order valence-electron chi connectivity index (χ2n) is 3.65. The van der Waals surface area contributed by atoms with Crippen molar-refractivity contribution in [3.63, 3.8) is 0 Å². The van der Waals surface area contributed by atoms with Crippen LogP contribution in [0.1, 0.15) is 30.4 Å². The Morgan fingerprint density at radius 2 is 2.64 bits per heavy atom. The number of carbonyl (C=O) groups excluding carboxylic acids is 1. The predicted octanol–water partition coefficient (Wildman–Crippen LogP) is 0.677. The molecule has 1 aliphatic heterocycles. The number of amides is 1. The Morgan fingerprint density at radius 1 is 1.79 bits per heavy atom. The molecule has 0 aromatic carbocycles. The third-order valence-electron chi connectivity index (χ3n) is 2.77. The van der Waals surface area contributed by atoms with Crippen LogP contribution in [0.3, 0.4) is 0 Å². The van der Waals surface area contributed by atoms with E-state index in [2.05, 4.69) is 22.1 Å². The third kappa shape index (κ3) is 1.62. The molecule has 0 aliphatic carbocycles. The summed E-state index contributed by atoms with van der Waals surface area (Å²) in [7, 11) is 0. The molecule has 0 spiro atoms. The van der Waals surface area contributed by atoms with Gasteiger partial charge >= 0.3 is 0 Å². The molecule has 2 heterocycles. The molecule has 0 radical (unpaired) electrons. The lowest BCUT2D eigenvalue weighted by atomic mass is 10.1. The molecular formula is C9H14N4O. The van der Waals surface area contributed by atoms with Gasteiger partial charge in [-0.3, -0.25) is 9.89 Å². The van der Waals surface area contributed by atoms with E-state index in [1.54, 1.807) is 0 Å². The van der Waals surface area contributed by atoms with Crippen molar-refractivity contribution in [2.24, 2.45) is 5.92 Å². The molecule has 76 valence electrons. The molecule has 2 rings (SSSR count). The average molecular weight is 194 g/mol. The number of carbonyl (C=O) groups is 1. The van der Waals surface area contributed by atoms with Crippen LogP contribution in [0.25, 0.3) is 0 Å². The third-order valence-corrected chi connectivity index (χ3v) is 2.77. The molecule has 1 atom stereocenters. The molecule has 1 N–H and O–H groups in total. The van der Waals surface area contributed by atoms with E-state index in [4.69, 9.17) is 0 Å². The van der Waals surface area contributed by atoms with Gasteiger partial charge in [0.05, 0.1) is 0 Å². The van der Waals surface area contributed by atoms with Crippen LogP contribution in [-0.4, -0.2) is 39.1 Å². The van der Waals surface area contributed by atoms with Crippen LogP contribution in [0.2, 0.25) is 0 Å². The Kier molecular flexibility index (Phi) is 2.47. The Balaban J connectivity index is 2.00. The van der Waals surface area contributed by atoms with Crippen molar-refractivity contribution in [3.05, 3.63) is 12.2 Å². The van der Waals surface area contributed by atoms with Crippen molar-refractivity contribution in [3.8, 4) is 0 Å². The van der Waals surface area contributed by atoms with E-state index >= 15 is 0 Å². The molecule has 1 aromatic heterocycles. The van der Waals surface area contributed by atoms with Crippen molar-refractivity contribution in [2.75, 3.05) is 13.1 Å². The topological polar surface area (TPSA) is 61.9 Å². The van der Waals surface area contributed by atoms with Gasteiger partial charge in [0.1, 0.15) is 6.33 Å². The lowest BCUT2D eigenvalue weighted by Gasteiger charge is -2.13. The number of rotatable bonds is 2. The minimum absolute atomic E-state index is 0.0292. The molecule has 1 aliphatic rings.